The Balaban J connectivity index is 2.23. The van der Waals surface area contributed by atoms with Crippen LogP contribution in [0.15, 0.2) is 36.4 Å². The van der Waals surface area contributed by atoms with Crippen LogP contribution < -0.4 is 10.2 Å². The molecule has 3 aromatic rings. The van der Waals surface area contributed by atoms with Gasteiger partial charge in [-0.15, -0.1) is 11.3 Å². The van der Waals surface area contributed by atoms with Gasteiger partial charge in [0.05, 0.1) is 16.8 Å². The van der Waals surface area contributed by atoms with Crippen LogP contribution in [0.5, 0.6) is 5.75 Å². The zero-order valence-corrected chi connectivity index (χ0v) is 16.9. The van der Waals surface area contributed by atoms with Crippen molar-refractivity contribution >= 4 is 61.4 Å². The topological polar surface area (TPSA) is 69.6 Å². The highest BCUT2D eigenvalue weighted by molar-refractivity contribution is 7.24. The lowest BCUT2D eigenvalue weighted by atomic mass is 10.1. The predicted octanol–water partition coefficient (Wildman–Crippen LogP) is 4.83. The lowest BCUT2D eigenvalue weighted by molar-refractivity contribution is -0.116. The lowest BCUT2D eigenvalue weighted by Gasteiger charge is -2.21. The van der Waals surface area contributed by atoms with Gasteiger partial charge in [0, 0.05) is 24.4 Å². The first-order chi connectivity index (χ1) is 12.8. The van der Waals surface area contributed by atoms with Gasteiger partial charge in [0.1, 0.15) is 15.8 Å². The van der Waals surface area contributed by atoms with Gasteiger partial charge in [0.25, 0.3) is 5.91 Å². The summed E-state index contributed by atoms with van der Waals surface area (Å²) in [5, 5.41) is 14.2. The molecule has 0 saturated heterocycles. The normalized spacial score (nSPS) is 10.8. The van der Waals surface area contributed by atoms with Crippen LogP contribution in [-0.2, 0) is 11.3 Å². The molecule has 0 atom stereocenters. The molecule has 0 saturated carbocycles. The number of anilines is 1. The van der Waals surface area contributed by atoms with Gasteiger partial charge in [-0.1, -0.05) is 41.4 Å². The van der Waals surface area contributed by atoms with E-state index in [1.54, 1.807) is 12.1 Å². The van der Waals surface area contributed by atoms with Gasteiger partial charge in [0.2, 0.25) is 5.91 Å². The van der Waals surface area contributed by atoms with E-state index in [0.717, 1.165) is 5.56 Å². The number of amides is 2. The van der Waals surface area contributed by atoms with Crippen molar-refractivity contribution in [2.45, 2.75) is 13.5 Å². The Labute approximate surface area is 170 Å². The van der Waals surface area contributed by atoms with Crippen LogP contribution in [0.2, 0.25) is 10.0 Å². The first-order valence-corrected chi connectivity index (χ1v) is 9.60. The summed E-state index contributed by atoms with van der Waals surface area (Å²) >= 11 is 13.7. The maximum atomic E-state index is 12.6. The van der Waals surface area contributed by atoms with Crippen LogP contribution in [0.1, 0.15) is 22.8 Å². The summed E-state index contributed by atoms with van der Waals surface area (Å²) in [6.45, 7) is 1.63. The Hall–Kier alpha value is -2.28. The van der Waals surface area contributed by atoms with Gasteiger partial charge in [-0.25, -0.2) is 0 Å². The summed E-state index contributed by atoms with van der Waals surface area (Å²) < 4.78 is 0.538. The van der Waals surface area contributed by atoms with Crippen LogP contribution in [-0.4, -0.2) is 24.0 Å². The molecule has 2 N–H and O–H groups in total. The number of benzene rings is 2. The summed E-state index contributed by atoms with van der Waals surface area (Å²) in [5.41, 5.74) is 1.09. The van der Waals surface area contributed by atoms with E-state index < -0.39 is 0 Å². The smallest absolute Gasteiger partial charge is 0.254 e. The second-order valence-electron chi connectivity index (χ2n) is 5.83. The first kappa shape index (κ1) is 19.5. The van der Waals surface area contributed by atoms with E-state index in [0.29, 0.717) is 25.7 Å². The molecule has 0 radical (unpaired) electrons. The summed E-state index contributed by atoms with van der Waals surface area (Å²) in [6.07, 6.45) is 0. The van der Waals surface area contributed by atoms with E-state index >= 15 is 0 Å². The first-order valence-electron chi connectivity index (χ1n) is 8.02. The molecule has 0 fully saturated rings. The number of phenolic OH excluding ortho intramolecular Hbond substituents is 1. The van der Waals surface area contributed by atoms with E-state index in [-0.39, 0.29) is 29.1 Å². The summed E-state index contributed by atoms with van der Waals surface area (Å²) in [7, 11) is 1.52. The second kappa shape index (κ2) is 7.76. The van der Waals surface area contributed by atoms with Gasteiger partial charge in [-0.05, 0) is 23.8 Å². The number of carbonyl (C=O) groups excluding carboxylic acids is 2. The van der Waals surface area contributed by atoms with E-state index in [9.17, 15) is 14.7 Å². The molecule has 27 heavy (non-hydrogen) atoms. The molecule has 1 heterocycles. The fourth-order valence-electron chi connectivity index (χ4n) is 2.76. The zero-order valence-electron chi connectivity index (χ0n) is 14.5. The Bertz CT molecular complexity index is 1050. The Morgan fingerprint density at radius 1 is 1.19 bits per heavy atom. The number of rotatable bonds is 4. The molecule has 3 rings (SSSR count). The fourth-order valence-corrected chi connectivity index (χ4v) is 4.51. The van der Waals surface area contributed by atoms with Crippen LogP contribution in [0, 0.1) is 0 Å². The molecular weight excluding hydrogens is 407 g/mol. The number of nitrogens with one attached hydrogen (secondary N) is 1. The standard InChI is InChI=1S/C19H16Cl2N2O3S/c1-10(24)23(9-11-5-3-4-6-13(11)20)19-15(18(26)22-2)12-7-8-14(25)16(21)17(12)27-19/h3-8,25H,9H2,1-2H3,(H,22,26). The third-order valence-corrected chi connectivity index (χ3v) is 6.23. The lowest BCUT2D eigenvalue weighted by Crippen LogP contribution is -2.30. The zero-order chi connectivity index (χ0) is 19.7. The molecule has 8 heteroatoms. The molecule has 0 bridgehead atoms. The van der Waals surface area contributed by atoms with E-state index in [1.807, 2.05) is 18.2 Å². The number of hydrogen-bond donors (Lipinski definition) is 2. The van der Waals surface area contributed by atoms with Crippen molar-refractivity contribution in [2.75, 3.05) is 11.9 Å². The quantitative estimate of drug-likeness (QED) is 0.632. The molecule has 0 aliphatic carbocycles. The highest BCUT2D eigenvalue weighted by atomic mass is 35.5. The van der Waals surface area contributed by atoms with Gasteiger partial charge < -0.3 is 10.4 Å². The molecular formula is C19H16Cl2N2O3S. The number of nitrogens with zero attached hydrogens (tertiary/aromatic N) is 1. The van der Waals surface area contributed by atoms with E-state index in [1.165, 1.54) is 36.3 Å². The van der Waals surface area contributed by atoms with E-state index in [4.69, 9.17) is 23.2 Å². The molecule has 2 amide bonds. The molecule has 1 aromatic heterocycles. The Morgan fingerprint density at radius 2 is 1.89 bits per heavy atom. The van der Waals surface area contributed by atoms with Crippen molar-refractivity contribution in [3.63, 3.8) is 0 Å². The van der Waals surface area contributed by atoms with Crippen molar-refractivity contribution in [2.24, 2.45) is 0 Å². The number of carbonyl (C=O) groups is 2. The van der Waals surface area contributed by atoms with Gasteiger partial charge in [-0.3, -0.25) is 14.5 Å². The highest BCUT2D eigenvalue weighted by Crippen LogP contribution is 2.45. The number of hydrogen-bond acceptors (Lipinski definition) is 4. The number of aromatic hydroxyl groups is 1. The molecule has 0 spiro atoms. The molecule has 2 aromatic carbocycles. The number of fused-ring (bicyclic) bond motifs is 1. The highest BCUT2D eigenvalue weighted by Gasteiger charge is 2.27. The number of phenols is 1. The van der Waals surface area contributed by atoms with Crippen molar-refractivity contribution in [3.05, 3.63) is 57.6 Å². The van der Waals surface area contributed by atoms with Crippen molar-refractivity contribution in [1.82, 2.24) is 5.32 Å². The fraction of sp³-hybridized carbons (Fsp3) is 0.158. The van der Waals surface area contributed by atoms with Gasteiger partial charge >= 0.3 is 0 Å². The molecule has 5 nitrogen and oxygen atoms in total. The van der Waals surface area contributed by atoms with Crippen LogP contribution in [0.25, 0.3) is 10.1 Å². The Morgan fingerprint density at radius 3 is 2.52 bits per heavy atom. The van der Waals surface area contributed by atoms with Gasteiger partial charge in [-0.2, -0.15) is 0 Å². The van der Waals surface area contributed by atoms with Crippen LogP contribution in [0.3, 0.4) is 0 Å². The minimum Gasteiger partial charge on any atom is -0.506 e. The Kier molecular flexibility index (Phi) is 5.60. The van der Waals surface area contributed by atoms with Crippen molar-refractivity contribution in [3.8, 4) is 5.75 Å². The van der Waals surface area contributed by atoms with Crippen molar-refractivity contribution in [1.29, 1.82) is 0 Å². The number of thiophene rings is 1. The number of halogens is 2. The van der Waals surface area contributed by atoms with Crippen LogP contribution in [0.4, 0.5) is 5.00 Å². The predicted molar refractivity (Wildman–Crippen MR) is 110 cm³/mol. The average Bonchev–Trinajstić information content (AvgIpc) is 3.03. The third kappa shape index (κ3) is 3.60. The van der Waals surface area contributed by atoms with Crippen LogP contribution >= 0.6 is 34.5 Å². The SMILES string of the molecule is CNC(=O)c1c(N(Cc2ccccc2Cl)C(C)=O)sc2c(Cl)c(O)ccc12. The summed E-state index contributed by atoms with van der Waals surface area (Å²) in [5.74, 6) is -0.670. The maximum absolute atomic E-state index is 12.6. The van der Waals surface area contributed by atoms with E-state index in [2.05, 4.69) is 5.32 Å². The molecule has 0 unspecified atom stereocenters. The summed E-state index contributed by atoms with van der Waals surface area (Å²) in [6, 6.07) is 10.3. The van der Waals surface area contributed by atoms with Gasteiger partial charge in [0.15, 0.2) is 0 Å². The average molecular weight is 423 g/mol. The largest absolute Gasteiger partial charge is 0.506 e. The minimum absolute atomic E-state index is 0.0825. The third-order valence-electron chi connectivity index (χ3n) is 4.12. The monoisotopic (exact) mass is 422 g/mol. The maximum Gasteiger partial charge on any atom is 0.254 e. The van der Waals surface area contributed by atoms with Crippen molar-refractivity contribution < 1.29 is 14.7 Å². The minimum atomic E-state index is -0.344. The summed E-state index contributed by atoms with van der Waals surface area (Å²) in [4.78, 5) is 26.5. The molecule has 0 aliphatic rings. The molecule has 140 valence electrons. The second-order valence-corrected chi connectivity index (χ2v) is 7.62. The molecule has 0 aliphatic heterocycles.